The highest BCUT2D eigenvalue weighted by atomic mass is 16.4. The van der Waals surface area contributed by atoms with Crippen molar-refractivity contribution in [2.75, 3.05) is 0 Å². The molecule has 1 heterocycles. The molecule has 3 nitrogen and oxygen atoms in total. The van der Waals surface area contributed by atoms with Gasteiger partial charge in [0, 0.05) is 22.6 Å². The van der Waals surface area contributed by atoms with Crippen LogP contribution in [0.15, 0.2) is 54.6 Å². The quantitative estimate of drug-likeness (QED) is 0.762. The predicted octanol–water partition coefficient (Wildman–Crippen LogP) is 4.59. The van der Waals surface area contributed by atoms with Crippen LogP contribution < -0.4 is 0 Å². The molecule has 3 heteroatoms. The highest BCUT2D eigenvalue weighted by molar-refractivity contribution is 6.04. The number of benzene rings is 2. The van der Waals surface area contributed by atoms with E-state index in [1.54, 1.807) is 12.1 Å². The van der Waals surface area contributed by atoms with Crippen LogP contribution >= 0.6 is 0 Å². The summed E-state index contributed by atoms with van der Waals surface area (Å²) < 4.78 is 2.19. The van der Waals surface area contributed by atoms with Gasteiger partial charge in [0.15, 0.2) is 0 Å². The van der Waals surface area contributed by atoms with Crippen LogP contribution in [0.3, 0.4) is 0 Å². The van der Waals surface area contributed by atoms with E-state index in [2.05, 4.69) is 18.4 Å². The molecule has 3 rings (SSSR count). The van der Waals surface area contributed by atoms with E-state index in [0.29, 0.717) is 5.56 Å². The molecule has 0 aliphatic carbocycles. The van der Waals surface area contributed by atoms with Crippen molar-refractivity contribution in [3.05, 3.63) is 60.2 Å². The van der Waals surface area contributed by atoms with E-state index in [9.17, 15) is 9.90 Å². The Balaban J connectivity index is 2.37. The van der Waals surface area contributed by atoms with E-state index in [-0.39, 0.29) is 6.04 Å². The van der Waals surface area contributed by atoms with Gasteiger partial charge >= 0.3 is 5.97 Å². The Morgan fingerprint density at radius 2 is 1.76 bits per heavy atom. The third-order valence-corrected chi connectivity index (χ3v) is 3.70. The van der Waals surface area contributed by atoms with E-state index in [1.165, 1.54) is 0 Å². The van der Waals surface area contributed by atoms with E-state index in [0.717, 1.165) is 22.2 Å². The van der Waals surface area contributed by atoms with Gasteiger partial charge in [-0.05, 0) is 37.6 Å². The molecule has 21 heavy (non-hydrogen) atoms. The molecule has 0 unspecified atom stereocenters. The largest absolute Gasteiger partial charge is 0.478 e. The molecule has 0 atom stereocenters. The highest BCUT2D eigenvalue weighted by Gasteiger charge is 2.17. The third-order valence-electron chi connectivity index (χ3n) is 3.70. The zero-order chi connectivity index (χ0) is 15.0. The first kappa shape index (κ1) is 13.4. The number of nitrogens with zero attached hydrogens (tertiary/aromatic N) is 1. The molecular weight excluding hydrogens is 262 g/mol. The molecule has 1 N–H and O–H groups in total. The van der Waals surface area contributed by atoms with Gasteiger partial charge in [0.2, 0.25) is 0 Å². The second-order valence-corrected chi connectivity index (χ2v) is 5.40. The van der Waals surface area contributed by atoms with Gasteiger partial charge in [-0.25, -0.2) is 4.79 Å². The molecule has 0 saturated carbocycles. The Bertz CT molecular complexity index is 801. The number of hydrogen-bond donors (Lipinski definition) is 1. The van der Waals surface area contributed by atoms with E-state index < -0.39 is 5.97 Å². The van der Waals surface area contributed by atoms with Crippen molar-refractivity contribution in [2.45, 2.75) is 19.9 Å². The lowest BCUT2D eigenvalue weighted by Gasteiger charge is -2.15. The molecule has 0 amide bonds. The maximum absolute atomic E-state index is 11.4. The summed E-state index contributed by atoms with van der Waals surface area (Å²) in [4.78, 5) is 11.4. The average molecular weight is 279 g/mol. The van der Waals surface area contributed by atoms with Crippen LogP contribution in [-0.4, -0.2) is 15.6 Å². The fourth-order valence-electron chi connectivity index (χ4n) is 2.82. The number of carboxylic acid groups (broad SMARTS) is 1. The lowest BCUT2D eigenvalue weighted by molar-refractivity contribution is 0.0699. The smallest absolute Gasteiger partial charge is 0.336 e. The molecule has 0 saturated heterocycles. The number of fused-ring (bicyclic) bond motifs is 1. The molecule has 0 bridgehead atoms. The second-order valence-electron chi connectivity index (χ2n) is 5.40. The van der Waals surface area contributed by atoms with Crippen LogP contribution in [0, 0.1) is 0 Å². The van der Waals surface area contributed by atoms with Gasteiger partial charge in [-0.2, -0.15) is 0 Å². The zero-order valence-electron chi connectivity index (χ0n) is 12.1. The Hall–Kier alpha value is -2.55. The zero-order valence-corrected chi connectivity index (χ0v) is 12.1. The standard InChI is InChI=1S/C18H17NO2/c1-12(2)19-16-10-6-9-14(18(20)21)15(16)11-17(19)13-7-4-3-5-8-13/h3-12H,1-2H3,(H,20,21). The summed E-state index contributed by atoms with van der Waals surface area (Å²) in [6, 6.07) is 17.7. The number of carboxylic acids is 1. The van der Waals surface area contributed by atoms with E-state index in [1.807, 2.05) is 42.5 Å². The third kappa shape index (κ3) is 2.21. The van der Waals surface area contributed by atoms with Gasteiger partial charge in [-0.15, -0.1) is 0 Å². The van der Waals surface area contributed by atoms with Crippen LogP contribution in [-0.2, 0) is 0 Å². The van der Waals surface area contributed by atoms with Crippen molar-refractivity contribution in [1.29, 1.82) is 0 Å². The van der Waals surface area contributed by atoms with Crippen molar-refractivity contribution in [3.8, 4) is 11.3 Å². The number of aromatic carboxylic acids is 1. The molecule has 106 valence electrons. The first-order valence-corrected chi connectivity index (χ1v) is 7.02. The van der Waals surface area contributed by atoms with Gasteiger partial charge < -0.3 is 9.67 Å². The highest BCUT2D eigenvalue weighted by Crippen LogP contribution is 2.33. The Morgan fingerprint density at radius 1 is 1.05 bits per heavy atom. The fraction of sp³-hybridized carbons (Fsp3) is 0.167. The number of carbonyl (C=O) groups is 1. The number of hydrogen-bond acceptors (Lipinski definition) is 1. The SMILES string of the molecule is CC(C)n1c(-c2ccccc2)cc2c(C(=O)O)cccc21. The Kier molecular flexibility index (Phi) is 3.26. The predicted molar refractivity (Wildman–Crippen MR) is 84.7 cm³/mol. The van der Waals surface area contributed by atoms with Gasteiger partial charge in [0.25, 0.3) is 0 Å². The van der Waals surface area contributed by atoms with Gasteiger partial charge in [-0.3, -0.25) is 0 Å². The van der Waals surface area contributed by atoms with Crippen LogP contribution in [0.25, 0.3) is 22.2 Å². The first-order valence-electron chi connectivity index (χ1n) is 7.02. The van der Waals surface area contributed by atoms with Gasteiger partial charge in [0.1, 0.15) is 0 Å². The lowest BCUT2D eigenvalue weighted by Crippen LogP contribution is -2.03. The molecule has 0 fully saturated rings. The van der Waals surface area contributed by atoms with Crippen LogP contribution in [0.2, 0.25) is 0 Å². The molecule has 0 radical (unpaired) electrons. The van der Waals surface area contributed by atoms with Crippen LogP contribution in [0.4, 0.5) is 0 Å². The normalized spacial score (nSPS) is 11.2. The molecule has 2 aromatic carbocycles. The average Bonchev–Trinajstić information content (AvgIpc) is 2.87. The molecule has 1 aromatic heterocycles. The minimum Gasteiger partial charge on any atom is -0.478 e. The second kappa shape index (κ2) is 5.09. The molecular formula is C18H17NO2. The van der Waals surface area contributed by atoms with Crippen molar-refractivity contribution in [3.63, 3.8) is 0 Å². The van der Waals surface area contributed by atoms with Crippen molar-refractivity contribution < 1.29 is 9.90 Å². The molecule has 3 aromatic rings. The Labute approximate surface area is 123 Å². The summed E-state index contributed by atoms with van der Waals surface area (Å²) in [6.07, 6.45) is 0. The summed E-state index contributed by atoms with van der Waals surface area (Å²) in [5, 5.41) is 10.2. The minimum atomic E-state index is -0.888. The summed E-state index contributed by atoms with van der Waals surface area (Å²) in [5.74, 6) is -0.888. The summed E-state index contributed by atoms with van der Waals surface area (Å²) in [5.41, 5.74) is 3.46. The molecule has 0 spiro atoms. The molecule has 0 aliphatic rings. The summed E-state index contributed by atoms with van der Waals surface area (Å²) >= 11 is 0. The van der Waals surface area contributed by atoms with Crippen LogP contribution in [0.1, 0.15) is 30.2 Å². The first-order chi connectivity index (χ1) is 10.1. The lowest BCUT2D eigenvalue weighted by atomic mass is 10.1. The van der Waals surface area contributed by atoms with Crippen molar-refractivity contribution in [1.82, 2.24) is 4.57 Å². The number of aromatic nitrogens is 1. The molecule has 0 aliphatic heterocycles. The maximum Gasteiger partial charge on any atom is 0.336 e. The van der Waals surface area contributed by atoms with E-state index >= 15 is 0 Å². The fourth-order valence-corrected chi connectivity index (χ4v) is 2.82. The minimum absolute atomic E-state index is 0.252. The van der Waals surface area contributed by atoms with Crippen LogP contribution in [0.5, 0.6) is 0 Å². The van der Waals surface area contributed by atoms with Crippen molar-refractivity contribution >= 4 is 16.9 Å². The summed E-state index contributed by atoms with van der Waals surface area (Å²) in [7, 11) is 0. The summed E-state index contributed by atoms with van der Waals surface area (Å²) in [6.45, 7) is 4.22. The van der Waals surface area contributed by atoms with E-state index in [4.69, 9.17) is 0 Å². The topological polar surface area (TPSA) is 42.2 Å². The van der Waals surface area contributed by atoms with Gasteiger partial charge in [-0.1, -0.05) is 36.4 Å². The van der Waals surface area contributed by atoms with Gasteiger partial charge in [0.05, 0.1) is 5.56 Å². The Morgan fingerprint density at radius 3 is 2.38 bits per heavy atom. The maximum atomic E-state index is 11.4. The monoisotopic (exact) mass is 279 g/mol. The number of rotatable bonds is 3. The van der Waals surface area contributed by atoms with Crippen molar-refractivity contribution in [2.24, 2.45) is 0 Å².